The summed E-state index contributed by atoms with van der Waals surface area (Å²) in [7, 11) is 0. The SMILES string of the molecule is O=C(NC1CCC(C(F)(F)F)CC1)C(=O)N1CCC(c2ccnc3ccc(F)cc23)CC1. The minimum Gasteiger partial charge on any atom is -0.345 e. The topological polar surface area (TPSA) is 62.3 Å². The van der Waals surface area contributed by atoms with Crippen molar-refractivity contribution in [3.63, 3.8) is 0 Å². The number of nitrogens with one attached hydrogen (secondary N) is 1. The summed E-state index contributed by atoms with van der Waals surface area (Å²) in [5.41, 5.74) is 1.69. The van der Waals surface area contributed by atoms with Crippen molar-refractivity contribution in [1.29, 1.82) is 0 Å². The first-order valence-electron chi connectivity index (χ1n) is 10.9. The molecular weight excluding hydrogens is 426 g/mol. The number of nitrogens with zero attached hydrogens (tertiary/aromatic N) is 2. The van der Waals surface area contributed by atoms with Crippen LogP contribution in [0, 0.1) is 11.7 Å². The van der Waals surface area contributed by atoms with Gasteiger partial charge in [0, 0.05) is 30.7 Å². The maximum absolute atomic E-state index is 13.7. The van der Waals surface area contributed by atoms with Gasteiger partial charge in [-0.05, 0) is 74.3 Å². The van der Waals surface area contributed by atoms with E-state index in [0.29, 0.717) is 31.4 Å². The van der Waals surface area contributed by atoms with Gasteiger partial charge in [0.2, 0.25) is 0 Å². The molecule has 0 unspecified atom stereocenters. The number of fused-ring (bicyclic) bond motifs is 1. The van der Waals surface area contributed by atoms with Crippen LogP contribution in [0.15, 0.2) is 30.5 Å². The fourth-order valence-corrected chi connectivity index (χ4v) is 4.85. The lowest BCUT2D eigenvalue weighted by Crippen LogP contribution is -2.49. The van der Waals surface area contributed by atoms with Gasteiger partial charge in [0.25, 0.3) is 0 Å². The van der Waals surface area contributed by atoms with Crippen LogP contribution in [0.4, 0.5) is 17.6 Å². The van der Waals surface area contributed by atoms with Crippen molar-refractivity contribution in [2.75, 3.05) is 13.1 Å². The van der Waals surface area contributed by atoms with E-state index in [2.05, 4.69) is 10.3 Å². The van der Waals surface area contributed by atoms with E-state index in [-0.39, 0.29) is 37.4 Å². The largest absolute Gasteiger partial charge is 0.391 e. The Hall–Kier alpha value is -2.71. The van der Waals surface area contributed by atoms with E-state index in [0.717, 1.165) is 10.9 Å². The summed E-state index contributed by atoms with van der Waals surface area (Å²) in [5, 5.41) is 3.37. The molecule has 1 saturated heterocycles. The summed E-state index contributed by atoms with van der Waals surface area (Å²) in [4.78, 5) is 30.7. The van der Waals surface area contributed by atoms with Crippen molar-refractivity contribution in [1.82, 2.24) is 15.2 Å². The van der Waals surface area contributed by atoms with Crippen LogP contribution in [-0.4, -0.2) is 47.0 Å². The summed E-state index contributed by atoms with van der Waals surface area (Å²) in [6, 6.07) is 5.94. The van der Waals surface area contributed by atoms with Crippen molar-refractivity contribution < 1.29 is 27.2 Å². The quantitative estimate of drug-likeness (QED) is 0.547. The molecule has 0 spiro atoms. The Bertz CT molecular complexity index is 994. The first kappa shape index (κ1) is 22.5. The number of carbonyl (C=O) groups excluding carboxylic acids is 2. The van der Waals surface area contributed by atoms with Gasteiger partial charge < -0.3 is 10.2 Å². The van der Waals surface area contributed by atoms with Crippen molar-refractivity contribution in [2.24, 2.45) is 5.92 Å². The summed E-state index contributed by atoms with van der Waals surface area (Å²) in [6.45, 7) is 0.772. The van der Waals surface area contributed by atoms with Gasteiger partial charge in [-0.1, -0.05) is 0 Å². The van der Waals surface area contributed by atoms with E-state index in [4.69, 9.17) is 0 Å². The zero-order valence-corrected chi connectivity index (χ0v) is 17.5. The van der Waals surface area contributed by atoms with Gasteiger partial charge >= 0.3 is 18.0 Å². The number of benzene rings is 1. The van der Waals surface area contributed by atoms with Crippen LogP contribution in [0.3, 0.4) is 0 Å². The third kappa shape index (κ3) is 4.86. The highest BCUT2D eigenvalue weighted by atomic mass is 19.4. The van der Waals surface area contributed by atoms with Crippen LogP contribution in [0.1, 0.15) is 50.0 Å². The maximum Gasteiger partial charge on any atom is 0.391 e. The van der Waals surface area contributed by atoms with Crippen LogP contribution in [0.25, 0.3) is 10.9 Å². The van der Waals surface area contributed by atoms with Gasteiger partial charge in [-0.25, -0.2) is 4.39 Å². The van der Waals surface area contributed by atoms with Crippen LogP contribution >= 0.6 is 0 Å². The van der Waals surface area contributed by atoms with Crippen LogP contribution in [0.5, 0.6) is 0 Å². The monoisotopic (exact) mass is 451 g/mol. The van der Waals surface area contributed by atoms with Crippen molar-refractivity contribution in [3.8, 4) is 0 Å². The summed E-state index contributed by atoms with van der Waals surface area (Å²) >= 11 is 0. The highest BCUT2D eigenvalue weighted by Crippen LogP contribution is 2.37. The van der Waals surface area contributed by atoms with E-state index in [1.165, 1.54) is 17.0 Å². The molecule has 2 amide bonds. The number of rotatable bonds is 2. The number of aromatic nitrogens is 1. The van der Waals surface area contributed by atoms with Crippen molar-refractivity contribution >= 4 is 22.7 Å². The van der Waals surface area contributed by atoms with E-state index in [1.54, 1.807) is 12.3 Å². The molecule has 0 radical (unpaired) electrons. The lowest BCUT2D eigenvalue weighted by molar-refractivity contribution is -0.182. The predicted octanol–water partition coefficient (Wildman–Crippen LogP) is 4.32. The third-order valence-electron chi connectivity index (χ3n) is 6.68. The Morgan fingerprint density at radius 2 is 1.69 bits per heavy atom. The van der Waals surface area contributed by atoms with E-state index in [1.807, 2.05) is 6.07 Å². The normalized spacial score (nSPS) is 22.7. The lowest BCUT2D eigenvalue weighted by Gasteiger charge is -2.33. The van der Waals surface area contributed by atoms with E-state index >= 15 is 0 Å². The molecule has 1 aliphatic carbocycles. The van der Waals surface area contributed by atoms with Gasteiger partial charge in [0.15, 0.2) is 0 Å². The zero-order valence-electron chi connectivity index (χ0n) is 17.5. The Morgan fingerprint density at radius 3 is 2.34 bits per heavy atom. The Kier molecular flexibility index (Phi) is 6.35. The molecule has 5 nitrogen and oxygen atoms in total. The summed E-state index contributed by atoms with van der Waals surface area (Å²) in [5.74, 6) is -2.95. The second-order valence-electron chi connectivity index (χ2n) is 8.69. The van der Waals surface area contributed by atoms with Crippen LogP contribution in [0.2, 0.25) is 0 Å². The molecule has 1 aromatic heterocycles. The predicted molar refractivity (Wildman–Crippen MR) is 110 cm³/mol. The fraction of sp³-hybridized carbons (Fsp3) is 0.522. The molecule has 2 heterocycles. The van der Waals surface area contributed by atoms with E-state index in [9.17, 15) is 27.2 Å². The van der Waals surface area contributed by atoms with Gasteiger partial charge in [0.05, 0.1) is 11.4 Å². The maximum atomic E-state index is 13.7. The number of amides is 2. The molecule has 0 atom stereocenters. The van der Waals surface area contributed by atoms with Gasteiger partial charge in [-0.15, -0.1) is 0 Å². The molecule has 1 saturated carbocycles. The number of pyridine rings is 1. The van der Waals surface area contributed by atoms with Crippen LogP contribution < -0.4 is 5.32 Å². The summed E-state index contributed by atoms with van der Waals surface area (Å²) < 4.78 is 52.1. The second kappa shape index (κ2) is 9.03. The van der Waals surface area contributed by atoms with Crippen molar-refractivity contribution in [3.05, 3.63) is 41.8 Å². The molecule has 4 rings (SSSR count). The molecule has 2 fully saturated rings. The average molecular weight is 451 g/mol. The molecule has 2 aromatic rings. The van der Waals surface area contributed by atoms with Crippen LogP contribution in [-0.2, 0) is 9.59 Å². The highest BCUT2D eigenvalue weighted by Gasteiger charge is 2.42. The Morgan fingerprint density at radius 1 is 1.00 bits per heavy atom. The smallest absolute Gasteiger partial charge is 0.345 e. The zero-order chi connectivity index (χ0) is 22.9. The number of hydrogen-bond acceptors (Lipinski definition) is 3. The standard InChI is InChI=1S/C23H25F4N3O2/c24-16-3-6-20-19(13-16)18(7-10-28-20)14-8-11-30(12-9-14)22(32)21(31)29-17-4-1-15(2-5-17)23(25,26)27/h3,6-7,10,13-15,17H,1-2,4-5,8-9,11-12H2,(H,29,31). The fourth-order valence-electron chi connectivity index (χ4n) is 4.85. The lowest BCUT2D eigenvalue weighted by atomic mass is 9.85. The molecule has 2 aliphatic rings. The Labute approximate surface area is 183 Å². The number of hydrogen-bond donors (Lipinski definition) is 1. The Balaban J connectivity index is 1.31. The molecule has 9 heteroatoms. The molecule has 1 aliphatic heterocycles. The van der Waals surface area contributed by atoms with Crippen molar-refractivity contribution in [2.45, 2.75) is 56.7 Å². The van der Waals surface area contributed by atoms with Gasteiger partial charge in [-0.3, -0.25) is 14.6 Å². The number of carbonyl (C=O) groups is 2. The molecular formula is C23H25F4N3O2. The average Bonchev–Trinajstić information content (AvgIpc) is 2.78. The molecule has 32 heavy (non-hydrogen) atoms. The number of piperidine rings is 1. The first-order valence-corrected chi connectivity index (χ1v) is 10.9. The minimum absolute atomic E-state index is 0.0332. The molecule has 1 aromatic carbocycles. The number of alkyl halides is 3. The third-order valence-corrected chi connectivity index (χ3v) is 6.68. The molecule has 0 bridgehead atoms. The molecule has 1 N–H and O–H groups in total. The first-order chi connectivity index (χ1) is 15.2. The highest BCUT2D eigenvalue weighted by molar-refractivity contribution is 6.35. The molecule has 172 valence electrons. The second-order valence-corrected chi connectivity index (χ2v) is 8.69. The minimum atomic E-state index is -4.21. The van der Waals surface area contributed by atoms with E-state index < -0.39 is 30.0 Å². The number of likely N-dealkylation sites (tertiary alicyclic amines) is 1. The summed E-state index contributed by atoms with van der Waals surface area (Å²) in [6.07, 6.45) is -0.886. The van der Waals surface area contributed by atoms with Gasteiger partial charge in [0.1, 0.15) is 5.82 Å². The van der Waals surface area contributed by atoms with Gasteiger partial charge in [-0.2, -0.15) is 13.2 Å². The number of halogens is 4.